The van der Waals surface area contributed by atoms with E-state index in [1.54, 1.807) is 19.2 Å². The molecule has 2 aromatic rings. The summed E-state index contributed by atoms with van der Waals surface area (Å²) in [6.45, 7) is 1.81. The molecule has 5 heteroatoms. The van der Waals surface area contributed by atoms with E-state index in [0.717, 1.165) is 5.69 Å². The lowest BCUT2D eigenvalue weighted by Crippen LogP contribution is -2.28. The standard InChI is InChI=1S/C13H12FN3O/c1-9(10-5-2-3-8-15-10)16-13(18)11-6-4-7-12(14)17-11/h2-9H,1H3,(H,16,18). The number of aromatic nitrogens is 2. The van der Waals surface area contributed by atoms with Crippen molar-refractivity contribution in [3.63, 3.8) is 0 Å². The van der Waals surface area contributed by atoms with Crippen LogP contribution in [0.25, 0.3) is 0 Å². The first kappa shape index (κ1) is 12.2. The quantitative estimate of drug-likeness (QED) is 0.842. The molecule has 1 N–H and O–H groups in total. The van der Waals surface area contributed by atoms with Crippen molar-refractivity contribution in [3.8, 4) is 0 Å². The lowest BCUT2D eigenvalue weighted by atomic mass is 10.2. The zero-order chi connectivity index (χ0) is 13.0. The highest BCUT2D eigenvalue weighted by atomic mass is 19.1. The van der Waals surface area contributed by atoms with Gasteiger partial charge in [0.1, 0.15) is 5.69 Å². The molecule has 18 heavy (non-hydrogen) atoms. The third-order valence-electron chi connectivity index (χ3n) is 2.43. The summed E-state index contributed by atoms with van der Waals surface area (Å²) < 4.78 is 12.9. The average Bonchev–Trinajstić information content (AvgIpc) is 2.39. The Morgan fingerprint density at radius 1 is 1.28 bits per heavy atom. The van der Waals surface area contributed by atoms with Gasteiger partial charge in [-0.2, -0.15) is 4.39 Å². The van der Waals surface area contributed by atoms with Gasteiger partial charge < -0.3 is 5.32 Å². The SMILES string of the molecule is CC(NC(=O)c1cccc(F)n1)c1ccccn1. The van der Waals surface area contributed by atoms with Gasteiger partial charge in [-0.25, -0.2) is 4.98 Å². The Hall–Kier alpha value is -2.30. The second-order valence-electron chi connectivity index (χ2n) is 3.80. The van der Waals surface area contributed by atoms with Crippen LogP contribution in [0, 0.1) is 5.95 Å². The minimum Gasteiger partial charge on any atom is -0.343 e. The third kappa shape index (κ3) is 2.88. The third-order valence-corrected chi connectivity index (χ3v) is 2.43. The van der Waals surface area contributed by atoms with Crippen LogP contribution in [-0.4, -0.2) is 15.9 Å². The molecule has 2 rings (SSSR count). The van der Waals surface area contributed by atoms with Crippen molar-refractivity contribution in [2.24, 2.45) is 0 Å². The van der Waals surface area contributed by atoms with Crippen molar-refractivity contribution < 1.29 is 9.18 Å². The van der Waals surface area contributed by atoms with Crippen LogP contribution in [0.1, 0.15) is 29.1 Å². The van der Waals surface area contributed by atoms with Gasteiger partial charge in [0, 0.05) is 6.20 Å². The fourth-order valence-corrected chi connectivity index (χ4v) is 1.51. The van der Waals surface area contributed by atoms with Gasteiger partial charge in [-0.3, -0.25) is 9.78 Å². The maximum absolute atomic E-state index is 12.9. The number of amides is 1. The van der Waals surface area contributed by atoms with Crippen LogP contribution in [0.15, 0.2) is 42.6 Å². The monoisotopic (exact) mass is 245 g/mol. The minimum absolute atomic E-state index is 0.0535. The van der Waals surface area contributed by atoms with Crippen LogP contribution in [-0.2, 0) is 0 Å². The maximum Gasteiger partial charge on any atom is 0.270 e. The molecule has 0 aliphatic carbocycles. The second kappa shape index (κ2) is 5.35. The van der Waals surface area contributed by atoms with Crippen molar-refractivity contribution >= 4 is 5.91 Å². The van der Waals surface area contributed by atoms with Crippen LogP contribution in [0.2, 0.25) is 0 Å². The highest BCUT2D eigenvalue weighted by Gasteiger charge is 2.13. The predicted octanol–water partition coefficient (Wildman–Crippen LogP) is 2.11. The van der Waals surface area contributed by atoms with Crippen molar-refractivity contribution in [2.75, 3.05) is 0 Å². The summed E-state index contributed by atoms with van der Waals surface area (Å²) in [6, 6.07) is 9.29. The number of nitrogens with zero attached hydrogens (tertiary/aromatic N) is 2. The van der Waals surface area contributed by atoms with E-state index in [4.69, 9.17) is 0 Å². The summed E-state index contributed by atoms with van der Waals surface area (Å²) in [6.07, 6.45) is 1.65. The van der Waals surface area contributed by atoms with Gasteiger partial charge >= 0.3 is 0 Å². The first-order valence-corrected chi connectivity index (χ1v) is 5.51. The lowest BCUT2D eigenvalue weighted by molar-refractivity contribution is 0.0933. The van der Waals surface area contributed by atoms with Crippen LogP contribution < -0.4 is 5.32 Å². The Balaban J connectivity index is 2.08. The topological polar surface area (TPSA) is 54.9 Å². The van der Waals surface area contributed by atoms with Crippen molar-refractivity contribution in [1.82, 2.24) is 15.3 Å². The molecule has 1 amide bonds. The van der Waals surface area contributed by atoms with Crippen LogP contribution >= 0.6 is 0 Å². The molecule has 0 aliphatic rings. The highest BCUT2D eigenvalue weighted by molar-refractivity contribution is 5.92. The smallest absolute Gasteiger partial charge is 0.270 e. The number of hydrogen-bond donors (Lipinski definition) is 1. The molecule has 1 unspecified atom stereocenters. The van der Waals surface area contributed by atoms with Gasteiger partial charge in [0.2, 0.25) is 5.95 Å². The largest absolute Gasteiger partial charge is 0.343 e. The number of pyridine rings is 2. The molecule has 0 radical (unpaired) electrons. The molecule has 0 fully saturated rings. The molecular weight excluding hydrogens is 233 g/mol. The summed E-state index contributed by atoms with van der Waals surface area (Å²) in [5.41, 5.74) is 0.792. The first-order valence-electron chi connectivity index (χ1n) is 5.51. The molecule has 92 valence electrons. The van der Waals surface area contributed by atoms with Gasteiger partial charge in [-0.1, -0.05) is 12.1 Å². The summed E-state index contributed by atoms with van der Waals surface area (Å²) in [7, 11) is 0. The lowest BCUT2D eigenvalue weighted by Gasteiger charge is -2.12. The maximum atomic E-state index is 12.9. The van der Waals surface area contributed by atoms with E-state index in [2.05, 4.69) is 15.3 Å². The molecule has 0 spiro atoms. The molecule has 2 heterocycles. The Bertz CT molecular complexity index is 545. The van der Waals surface area contributed by atoms with Crippen LogP contribution in [0.4, 0.5) is 4.39 Å². The van der Waals surface area contributed by atoms with Crippen molar-refractivity contribution in [1.29, 1.82) is 0 Å². The zero-order valence-electron chi connectivity index (χ0n) is 9.80. The Morgan fingerprint density at radius 2 is 2.11 bits per heavy atom. The average molecular weight is 245 g/mol. The fourth-order valence-electron chi connectivity index (χ4n) is 1.51. The summed E-state index contributed by atoms with van der Waals surface area (Å²) in [5.74, 6) is -1.10. The molecule has 0 aromatic carbocycles. The molecule has 0 saturated heterocycles. The first-order chi connectivity index (χ1) is 8.66. The van der Waals surface area contributed by atoms with Gasteiger partial charge in [-0.15, -0.1) is 0 Å². The molecular formula is C13H12FN3O. The van der Waals surface area contributed by atoms with E-state index in [0.29, 0.717) is 0 Å². The van der Waals surface area contributed by atoms with Gasteiger partial charge in [-0.05, 0) is 31.2 Å². The number of hydrogen-bond acceptors (Lipinski definition) is 3. The van der Waals surface area contributed by atoms with E-state index in [1.165, 1.54) is 18.2 Å². The molecule has 0 bridgehead atoms. The molecule has 0 saturated carbocycles. The van der Waals surface area contributed by atoms with E-state index < -0.39 is 11.9 Å². The molecule has 0 aliphatic heterocycles. The number of halogens is 1. The van der Waals surface area contributed by atoms with Gasteiger partial charge in [0.05, 0.1) is 11.7 Å². The number of rotatable bonds is 3. The van der Waals surface area contributed by atoms with E-state index in [9.17, 15) is 9.18 Å². The summed E-state index contributed by atoms with van der Waals surface area (Å²) in [4.78, 5) is 19.5. The molecule has 1 atom stereocenters. The van der Waals surface area contributed by atoms with Gasteiger partial charge in [0.15, 0.2) is 0 Å². The molecule has 4 nitrogen and oxygen atoms in total. The number of nitrogens with one attached hydrogen (secondary N) is 1. The molecule has 2 aromatic heterocycles. The minimum atomic E-state index is -0.673. The Labute approximate surface area is 104 Å². The van der Waals surface area contributed by atoms with E-state index in [-0.39, 0.29) is 11.7 Å². The fraction of sp³-hybridized carbons (Fsp3) is 0.154. The Kier molecular flexibility index (Phi) is 3.62. The summed E-state index contributed by atoms with van der Waals surface area (Å²) in [5, 5.41) is 2.71. The van der Waals surface area contributed by atoms with E-state index >= 15 is 0 Å². The second-order valence-corrected chi connectivity index (χ2v) is 3.80. The highest BCUT2D eigenvalue weighted by Crippen LogP contribution is 2.09. The normalized spacial score (nSPS) is 11.9. The van der Waals surface area contributed by atoms with Gasteiger partial charge in [0.25, 0.3) is 5.91 Å². The van der Waals surface area contributed by atoms with Crippen molar-refractivity contribution in [2.45, 2.75) is 13.0 Å². The number of carbonyl (C=O) groups excluding carboxylic acids is 1. The van der Waals surface area contributed by atoms with E-state index in [1.807, 2.05) is 12.1 Å². The van der Waals surface area contributed by atoms with Crippen LogP contribution in [0.3, 0.4) is 0 Å². The van der Waals surface area contributed by atoms with Crippen molar-refractivity contribution in [3.05, 3.63) is 59.9 Å². The summed E-state index contributed by atoms with van der Waals surface area (Å²) >= 11 is 0. The zero-order valence-corrected chi connectivity index (χ0v) is 9.80. The predicted molar refractivity (Wildman–Crippen MR) is 64.3 cm³/mol. The Morgan fingerprint density at radius 3 is 2.78 bits per heavy atom. The number of carbonyl (C=O) groups is 1. The van der Waals surface area contributed by atoms with Crippen LogP contribution in [0.5, 0.6) is 0 Å².